The minimum atomic E-state index is -0.765. The van der Waals surface area contributed by atoms with Crippen LogP contribution in [0.1, 0.15) is 53.1 Å². The van der Waals surface area contributed by atoms with Crippen molar-refractivity contribution in [2.45, 2.75) is 31.4 Å². The number of H-pyrrole nitrogens is 1. The first kappa shape index (κ1) is 23.4. The number of carbonyl (C=O) groups is 2. The van der Waals surface area contributed by atoms with Crippen molar-refractivity contribution in [2.24, 2.45) is 0 Å². The highest BCUT2D eigenvalue weighted by Crippen LogP contribution is 2.28. The molecular weight excluding hydrogens is 494 g/mol. The molecule has 1 aliphatic rings. The van der Waals surface area contributed by atoms with Crippen molar-refractivity contribution in [2.75, 3.05) is 13.6 Å². The molecule has 10 heteroatoms. The number of rotatable bonds is 9. The molecule has 2 amide bonds. The predicted molar refractivity (Wildman–Crippen MR) is 140 cm³/mol. The van der Waals surface area contributed by atoms with Gasteiger partial charge in [0, 0.05) is 34.8 Å². The van der Waals surface area contributed by atoms with Crippen molar-refractivity contribution in [3.05, 3.63) is 76.6 Å². The Morgan fingerprint density at radius 1 is 1.19 bits per heavy atom. The van der Waals surface area contributed by atoms with Crippen molar-refractivity contribution in [1.82, 2.24) is 25.8 Å². The predicted octanol–water partition coefficient (Wildman–Crippen LogP) is 4.03. The third-order valence-corrected chi connectivity index (χ3v) is 6.47. The van der Waals surface area contributed by atoms with Crippen molar-refractivity contribution in [1.29, 1.82) is 0 Å². The van der Waals surface area contributed by atoms with Gasteiger partial charge in [0.2, 0.25) is 5.88 Å². The molecule has 0 spiro atoms. The molecule has 4 N–H and O–H groups in total. The molecule has 0 bridgehead atoms. The van der Waals surface area contributed by atoms with Crippen molar-refractivity contribution < 1.29 is 20.8 Å². The third-order valence-electron chi connectivity index (χ3n) is 6.21. The maximum Gasteiger partial charge on any atom is 0.272 e. The molecule has 5 rings (SSSR count). The largest absolute Gasteiger partial charge is 0.480 e. The summed E-state index contributed by atoms with van der Waals surface area (Å²) in [6.45, 7) is 0.207. The SMILES string of the molecule is [2H]COc1ncc(-c2ccc3c(C(=O)NC4CC4)n[nH]c3c2)cc1C(=O)NCC[C@H](O)c1ccc(Cl)cc1. The Morgan fingerprint density at radius 3 is 2.76 bits per heavy atom. The third kappa shape index (κ3) is 5.58. The summed E-state index contributed by atoms with van der Waals surface area (Å²) in [5, 5.41) is 24.5. The van der Waals surface area contributed by atoms with Gasteiger partial charge in [0.25, 0.3) is 11.8 Å². The fourth-order valence-electron chi connectivity index (χ4n) is 4.01. The van der Waals surface area contributed by atoms with Crippen molar-refractivity contribution >= 4 is 34.3 Å². The van der Waals surface area contributed by atoms with Gasteiger partial charge in [-0.1, -0.05) is 29.8 Å². The zero-order valence-electron chi connectivity index (χ0n) is 20.8. The van der Waals surface area contributed by atoms with Crippen LogP contribution in [-0.2, 0) is 0 Å². The molecule has 2 aromatic heterocycles. The highest BCUT2D eigenvalue weighted by atomic mass is 35.5. The molecule has 1 saturated carbocycles. The second-order valence-electron chi connectivity index (χ2n) is 8.91. The number of hydrogen-bond acceptors (Lipinski definition) is 6. The first-order valence-corrected chi connectivity index (χ1v) is 12.2. The minimum Gasteiger partial charge on any atom is -0.480 e. The molecular formula is C27H26ClN5O4. The second-order valence-corrected chi connectivity index (χ2v) is 9.35. The number of methoxy groups -OCH3 is 1. The quantitative estimate of drug-likeness (QED) is 0.264. The van der Waals surface area contributed by atoms with Crippen LogP contribution in [0, 0.1) is 0 Å². The van der Waals surface area contributed by atoms with E-state index in [-0.39, 0.29) is 29.9 Å². The number of nitrogens with zero attached hydrogens (tertiary/aromatic N) is 2. The topological polar surface area (TPSA) is 129 Å². The van der Waals surface area contributed by atoms with Gasteiger partial charge in [-0.3, -0.25) is 14.7 Å². The zero-order valence-corrected chi connectivity index (χ0v) is 20.6. The van der Waals surface area contributed by atoms with E-state index in [4.69, 9.17) is 17.7 Å². The Bertz CT molecular complexity index is 1470. The van der Waals surface area contributed by atoms with E-state index in [1.54, 1.807) is 36.5 Å². The molecule has 1 fully saturated rings. The number of ether oxygens (including phenoxy) is 1. The van der Waals surface area contributed by atoms with E-state index in [2.05, 4.69) is 25.8 Å². The highest BCUT2D eigenvalue weighted by molar-refractivity contribution is 6.30. The molecule has 0 aliphatic heterocycles. The number of pyridine rings is 1. The fourth-order valence-corrected chi connectivity index (χ4v) is 4.14. The lowest BCUT2D eigenvalue weighted by molar-refractivity contribution is 0.0933. The van der Waals surface area contributed by atoms with Gasteiger partial charge in [0.15, 0.2) is 5.69 Å². The molecule has 9 nitrogen and oxygen atoms in total. The zero-order chi connectivity index (χ0) is 26.6. The van der Waals surface area contributed by atoms with Crippen LogP contribution in [0.5, 0.6) is 5.88 Å². The number of amides is 2. The average molecular weight is 521 g/mol. The lowest BCUT2D eigenvalue weighted by Gasteiger charge is -2.13. The van der Waals surface area contributed by atoms with Gasteiger partial charge in [-0.05, 0) is 60.7 Å². The van der Waals surface area contributed by atoms with Gasteiger partial charge in [-0.25, -0.2) is 4.98 Å². The van der Waals surface area contributed by atoms with Gasteiger partial charge < -0.3 is 20.5 Å². The molecule has 0 radical (unpaired) electrons. The number of hydrogen-bond donors (Lipinski definition) is 4. The van der Waals surface area contributed by atoms with E-state index < -0.39 is 19.1 Å². The molecule has 2 aromatic carbocycles. The van der Waals surface area contributed by atoms with E-state index >= 15 is 0 Å². The molecule has 1 aliphatic carbocycles. The second kappa shape index (κ2) is 10.6. The van der Waals surface area contributed by atoms with E-state index in [1.807, 2.05) is 18.2 Å². The first-order chi connectivity index (χ1) is 18.4. The van der Waals surface area contributed by atoms with Crippen LogP contribution in [0.2, 0.25) is 5.02 Å². The van der Waals surface area contributed by atoms with Gasteiger partial charge in [0.05, 0.1) is 20.1 Å². The highest BCUT2D eigenvalue weighted by Gasteiger charge is 2.26. The number of halogens is 1. The lowest BCUT2D eigenvalue weighted by Crippen LogP contribution is -2.26. The van der Waals surface area contributed by atoms with E-state index in [9.17, 15) is 14.7 Å². The summed E-state index contributed by atoms with van der Waals surface area (Å²) in [7, 11) is -0.395. The van der Waals surface area contributed by atoms with Crippen LogP contribution in [0.25, 0.3) is 22.0 Å². The van der Waals surface area contributed by atoms with Crippen LogP contribution in [0.4, 0.5) is 0 Å². The van der Waals surface area contributed by atoms with Crippen molar-refractivity contribution in [3.63, 3.8) is 0 Å². The van der Waals surface area contributed by atoms with Crippen LogP contribution in [-0.4, -0.2) is 51.8 Å². The number of benzene rings is 2. The molecule has 0 saturated heterocycles. The molecule has 4 aromatic rings. The van der Waals surface area contributed by atoms with Crippen LogP contribution >= 0.6 is 11.6 Å². The Morgan fingerprint density at radius 2 is 2.00 bits per heavy atom. The van der Waals surface area contributed by atoms with E-state index in [0.29, 0.717) is 39.2 Å². The summed E-state index contributed by atoms with van der Waals surface area (Å²) in [5.74, 6) is -0.598. The van der Waals surface area contributed by atoms with E-state index in [0.717, 1.165) is 18.4 Å². The minimum absolute atomic E-state index is 0.0427. The summed E-state index contributed by atoms with van der Waals surface area (Å²) in [6, 6.07) is 14.2. The Balaban J connectivity index is 1.32. The molecule has 1 atom stereocenters. The maximum absolute atomic E-state index is 13.0. The number of aliphatic hydroxyl groups excluding tert-OH is 1. The molecule has 0 unspecified atom stereocenters. The molecule has 37 heavy (non-hydrogen) atoms. The number of carbonyl (C=O) groups excluding carboxylic acids is 2. The fraction of sp³-hybridized carbons (Fsp3) is 0.259. The Kier molecular flexibility index (Phi) is 6.70. The van der Waals surface area contributed by atoms with Crippen LogP contribution in [0.3, 0.4) is 0 Å². The maximum atomic E-state index is 13.0. The monoisotopic (exact) mass is 520 g/mol. The molecule has 190 valence electrons. The Labute approximate surface area is 219 Å². The number of fused-ring (bicyclic) bond motifs is 1. The number of nitrogens with one attached hydrogen (secondary N) is 3. The first-order valence-electron chi connectivity index (χ1n) is 12.6. The number of aliphatic hydroxyl groups is 1. The van der Waals surface area contributed by atoms with Crippen LogP contribution < -0.4 is 15.4 Å². The lowest BCUT2D eigenvalue weighted by atomic mass is 10.0. The normalized spacial score (nSPS) is 14.2. The smallest absolute Gasteiger partial charge is 0.272 e. The standard InChI is InChI=1S/C27H26ClN5O4/c1-37-27-21(25(35)29-11-10-23(34)15-2-5-18(28)6-3-15)12-17(14-30-27)16-4-9-20-22(13-16)32-33-24(20)26(36)31-19-7-8-19/h2-6,9,12-14,19,23,34H,7-8,10-11H2,1H3,(H,29,35)(H,31,36)(H,32,33)/t23-/m0/s1/i1D. The van der Waals surface area contributed by atoms with Crippen LogP contribution in [0.15, 0.2) is 54.7 Å². The van der Waals surface area contributed by atoms with Gasteiger partial charge in [-0.2, -0.15) is 5.10 Å². The van der Waals surface area contributed by atoms with E-state index in [1.165, 1.54) is 0 Å². The summed E-state index contributed by atoms with van der Waals surface area (Å²) in [6.07, 6.45) is 3.07. The van der Waals surface area contributed by atoms with Crippen molar-refractivity contribution in [3.8, 4) is 17.0 Å². The number of aromatic amines is 1. The van der Waals surface area contributed by atoms with Gasteiger partial charge in [-0.15, -0.1) is 0 Å². The molecule has 2 heterocycles. The summed E-state index contributed by atoms with van der Waals surface area (Å²) >= 11 is 5.90. The van der Waals surface area contributed by atoms with Gasteiger partial charge >= 0.3 is 0 Å². The summed E-state index contributed by atoms with van der Waals surface area (Å²) in [5.41, 5.74) is 3.30. The average Bonchev–Trinajstić information content (AvgIpc) is 3.63. The van der Waals surface area contributed by atoms with Gasteiger partial charge in [0.1, 0.15) is 5.56 Å². The summed E-state index contributed by atoms with van der Waals surface area (Å²) in [4.78, 5) is 29.7. The Hall–Kier alpha value is -3.95. The summed E-state index contributed by atoms with van der Waals surface area (Å²) < 4.78 is 12.7. The number of aromatic nitrogens is 3.